The van der Waals surface area contributed by atoms with Gasteiger partial charge in [-0.2, -0.15) is 9.97 Å². The van der Waals surface area contributed by atoms with Gasteiger partial charge < -0.3 is 36.6 Å². The molecule has 0 saturated carbocycles. The topological polar surface area (TPSA) is 219 Å². The Morgan fingerprint density at radius 1 is 1.17 bits per heavy atom. The second-order valence-electron chi connectivity index (χ2n) is 8.61. The minimum absolute atomic E-state index is 0.108. The first-order valence-electron chi connectivity index (χ1n) is 11.7. The van der Waals surface area contributed by atoms with Crippen molar-refractivity contribution in [2.75, 3.05) is 50.5 Å². The number of ether oxygens (including phenoxy) is 1. The van der Waals surface area contributed by atoms with Gasteiger partial charge in [-0.25, -0.2) is 18.1 Å². The van der Waals surface area contributed by atoms with Gasteiger partial charge in [-0.15, -0.1) is 0 Å². The van der Waals surface area contributed by atoms with Crippen molar-refractivity contribution in [1.29, 1.82) is 0 Å². The average Bonchev–Trinajstić information content (AvgIpc) is 3.35. The van der Waals surface area contributed by atoms with E-state index >= 15 is 0 Å². The van der Waals surface area contributed by atoms with Crippen LogP contribution in [0.3, 0.4) is 0 Å². The van der Waals surface area contributed by atoms with Crippen molar-refractivity contribution in [3.8, 4) is 0 Å². The van der Waals surface area contributed by atoms with Crippen LogP contribution in [0.1, 0.15) is 31.9 Å². The third kappa shape index (κ3) is 7.44. The van der Waals surface area contributed by atoms with Gasteiger partial charge in [-0.3, -0.25) is 9.36 Å². The summed E-state index contributed by atoms with van der Waals surface area (Å²) in [4.78, 5) is 24.8. The fourth-order valence-corrected chi connectivity index (χ4v) is 4.36. The number of rotatable bonds is 14. The Bertz CT molecular complexity index is 1130. The molecule has 2 aromatic rings. The second kappa shape index (κ2) is 12.6. The molecule has 1 saturated heterocycles. The molecule has 2 aromatic heterocycles. The fraction of sp³-hybridized carbons (Fsp3) is 0.700. The molecule has 1 fully saturated rings. The molecule has 0 bridgehead atoms. The van der Waals surface area contributed by atoms with Crippen LogP contribution in [-0.2, 0) is 19.6 Å². The van der Waals surface area contributed by atoms with E-state index in [1.807, 2.05) is 0 Å². The number of nitrogen functional groups attached to an aromatic ring is 1. The van der Waals surface area contributed by atoms with Gasteiger partial charge in [0.15, 0.2) is 17.7 Å². The normalized spacial score (nSPS) is 22.2. The highest BCUT2D eigenvalue weighted by molar-refractivity contribution is 7.88. The monoisotopic (exact) mass is 529 g/mol. The Morgan fingerprint density at radius 2 is 1.94 bits per heavy atom. The van der Waals surface area contributed by atoms with Crippen LogP contribution in [0, 0.1) is 0 Å². The number of nitrogens with two attached hydrogens (primary N) is 1. The molecule has 1 aliphatic rings. The third-order valence-corrected chi connectivity index (χ3v) is 6.37. The van der Waals surface area contributed by atoms with Crippen LogP contribution in [0.4, 0.5) is 11.8 Å². The summed E-state index contributed by atoms with van der Waals surface area (Å²) in [6.07, 6.45) is 1.19. The van der Waals surface area contributed by atoms with Gasteiger partial charge in [0.05, 0.1) is 12.6 Å². The summed E-state index contributed by atoms with van der Waals surface area (Å²) in [7, 11) is -1.46. The number of hydrogen-bond donors (Lipinski definition) is 7. The number of imidazole rings is 1. The molecule has 8 N–H and O–H groups in total. The number of likely N-dealkylation sites (N-methyl/N-ethyl adjacent to an activating group) is 1. The molecule has 1 aliphatic heterocycles. The summed E-state index contributed by atoms with van der Waals surface area (Å²) < 4.78 is 31.7. The quantitative estimate of drug-likeness (QED) is 0.131. The zero-order valence-corrected chi connectivity index (χ0v) is 21.2. The Labute approximate surface area is 209 Å². The molecule has 4 atom stereocenters. The van der Waals surface area contributed by atoms with Crippen molar-refractivity contribution in [3.05, 3.63) is 6.33 Å². The standard InChI is InChI=1S/C20H35N9O6S/c1-22-10-12-15(31)16(32)19(35-12)29-11-25-14-17(21)27-20(28-18(14)29)24-9-8-23-13(30)6-4-3-5-7-26-36(2,33)34/h11-12,15-16,19,22,26,31-32H,3-10H2,1-2H3,(H,23,30)(H3,21,24,27,28)/t12-,15-,16-,19-/m1/s1. The Balaban J connectivity index is 1.48. The first kappa shape index (κ1) is 27.9. The van der Waals surface area contributed by atoms with Gasteiger partial charge in [0.25, 0.3) is 0 Å². The van der Waals surface area contributed by atoms with Crippen LogP contribution in [-0.4, -0.2) is 102 Å². The molecule has 0 spiro atoms. The molecule has 202 valence electrons. The van der Waals surface area contributed by atoms with Gasteiger partial charge in [0.1, 0.15) is 23.8 Å². The molecule has 0 aliphatic carbocycles. The number of aromatic nitrogens is 4. The number of aliphatic hydroxyl groups excluding tert-OH is 2. The van der Waals surface area contributed by atoms with E-state index in [1.54, 1.807) is 7.05 Å². The average molecular weight is 530 g/mol. The molecule has 15 nitrogen and oxygen atoms in total. The van der Waals surface area contributed by atoms with E-state index in [1.165, 1.54) is 10.9 Å². The predicted molar refractivity (Wildman–Crippen MR) is 132 cm³/mol. The van der Waals surface area contributed by atoms with Crippen LogP contribution in [0.25, 0.3) is 11.2 Å². The highest BCUT2D eigenvalue weighted by Gasteiger charge is 2.44. The van der Waals surface area contributed by atoms with Crippen molar-refractivity contribution in [2.24, 2.45) is 0 Å². The summed E-state index contributed by atoms with van der Waals surface area (Å²) >= 11 is 0. The van der Waals surface area contributed by atoms with Crippen LogP contribution in [0.5, 0.6) is 0 Å². The van der Waals surface area contributed by atoms with Gasteiger partial charge >= 0.3 is 0 Å². The Kier molecular flexibility index (Phi) is 9.75. The number of unbranched alkanes of at least 4 members (excludes halogenated alkanes) is 2. The summed E-state index contributed by atoms with van der Waals surface area (Å²) in [6.45, 7) is 1.39. The number of carbonyl (C=O) groups is 1. The van der Waals surface area contributed by atoms with Gasteiger partial charge in [0, 0.05) is 32.6 Å². The predicted octanol–water partition coefficient (Wildman–Crippen LogP) is -2.12. The largest absolute Gasteiger partial charge is 0.387 e. The number of fused-ring (bicyclic) bond motifs is 1. The molecule has 3 rings (SSSR count). The zero-order chi connectivity index (χ0) is 26.3. The minimum atomic E-state index is -3.18. The van der Waals surface area contributed by atoms with Crippen molar-refractivity contribution < 1.29 is 28.2 Å². The van der Waals surface area contributed by atoms with Gasteiger partial charge in [0.2, 0.25) is 21.9 Å². The lowest BCUT2D eigenvalue weighted by Crippen LogP contribution is -2.36. The van der Waals surface area contributed by atoms with Crippen LogP contribution < -0.4 is 26.4 Å². The summed E-state index contributed by atoms with van der Waals surface area (Å²) in [5.74, 6) is 0.244. The highest BCUT2D eigenvalue weighted by Crippen LogP contribution is 2.32. The number of amides is 1. The molecule has 16 heteroatoms. The van der Waals surface area contributed by atoms with Crippen LogP contribution >= 0.6 is 0 Å². The van der Waals surface area contributed by atoms with Crippen molar-refractivity contribution >= 4 is 38.9 Å². The maximum Gasteiger partial charge on any atom is 0.226 e. The first-order valence-corrected chi connectivity index (χ1v) is 13.6. The zero-order valence-electron chi connectivity index (χ0n) is 20.3. The molecule has 3 heterocycles. The Morgan fingerprint density at radius 3 is 2.67 bits per heavy atom. The van der Waals surface area contributed by atoms with Gasteiger partial charge in [-0.1, -0.05) is 6.42 Å². The lowest BCUT2D eigenvalue weighted by molar-refractivity contribution is -0.121. The molecule has 0 radical (unpaired) electrons. The maximum absolute atomic E-state index is 12.0. The Hall–Kier alpha value is -2.63. The molecular weight excluding hydrogens is 494 g/mol. The SMILES string of the molecule is CNC[C@H]1O[C@@H](n2cnc3c(N)nc(NCCNC(=O)CCCCCNS(C)(=O)=O)nc32)[C@H](O)[C@@H]1O. The van der Waals surface area contributed by atoms with Crippen molar-refractivity contribution in [2.45, 2.75) is 50.2 Å². The fourth-order valence-electron chi connectivity index (χ4n) is 3.84. The van der Waals surface area contributed by atoms with E-state index in [0.29, 0.717) is 56.6 Å². The van der Waals surface area contributed by atoms with Crippen molar-refractivity contribution in [1.82, 2.24) is 34.9 Å². The van der Waals surface area contributed by atoms with E-state index in [2.05, 4.69) is 35.6 Å². The third-order valence-electron chi connectivity index (χ3n) is 5.64. The van der Waals surface area contributed by atoms with Crippen LogP contribution in [0.2, 0.25) is 0 Å². The summed E-state index contributed by atoms with van der Waals surface area (Å²) in [5.41, 5.74) is 6.70. The summed E-state index contributed by atoms with van der Waals surface area (Å²) in [5, 5.41) is 29.5. The van der Waals surface area contributed by atoms with Crippen LogP contribution in [0.15, 0.2) is 6.33 Å². The minimum Gasteiger partial charge on any atom is -0.387 e. The number of hydrogen-bond acceptors (Lipinski definition) is 12. The molecule has 0 unspecified atom stereocenters. The lowest BCUT2D eigenvalue weighted by atomic mass is 10.1. The van der Waals surface area contributed by atoms with E-state index in [-0.39, 0.29) is 17.7 Å². The summed E-state index contributed by atoms with van der Waals surface area (Å²) in [6, 6.07) is 0. The smallest absolute Gasteiger partial charge is 0.226 e. The van der Waals surface area contributed by atoms with Gasteiger partial charge in [-0.05, 0) is 19.9 Å². The van der Waals surface area contributed by atoms with E-state index in [0.717, 1.165) is 12.7 Å². The number of nitrogens with zero attached hydrogens (tertiary/aromatic N) is 4. The second-order valence-corrected chi connectivity index (χ2v) is 10.4. The first-order chi connectivity index (χ1) is 17.1. The van der Waals surface area contributed by atoms with E-state index in [9.17, 15) is 23.4 Å². The van der Waals surface area contributed by atoms with E-state index in [4.69, 9.17) is 10.5 Å². The molecular formula is C20H35N9O6S. The highest BCUT2D eigenvalue weighted by atomic mass is 32.2. The number of aliphatic hydroxyl groups is 2. The van der Waals surface area contributed by atoms with E-state index < -0.39 is 34.6 Å². The maximum atomic E-state index is 12.0. The molecule has 0 aromatic carbocycles. The number of sulfonamides is 1. The van der Waals surface area contributed by atoms with Crippen molar-refractivity contribution in [3.63, 3.8) is 0 Å². The number of anilines is 2. The number of carbonyl (C=O) groups excluding carboxylic acids is 1. The molecule has 36 heavy (non-hydrogen) atoms. The molecule has 1 amide bonds. The number of nitrogens with one attached hydrogen (secondary N) is 4. The lowest BCUT2D eigenvalue weighted by Gasteiger charge is -2.17.